The lowest BCUT2D eigenvalue weighted by molar-refractivity contribution is -0.274. The molecule has 0 fully saturated rings. The highest BCUT2D eigenvalue weighted by Gasteiger charge is 2.31. The van der Waals surface area contributed by atoms with Crippen LogP contribution in [0.3, 0.4) is 0 Å². The zero-order valence-electron chi connectivity index (χ0n) is 8.55. The summed E-state index contributed by atoms with van der Waals surface area (Å²) in [6.07, 6.45) is -3.90. The van der Waals surface area contributed by atoms with E-state index in [0.717, 1.165) is 6.42 Å². The normalized spacial score (nSPS) is 11.2. The third-order valence-corrected chi connectivity index (χ3v) is 1.78. The summed E-state index contributed by atoms with van der Waals surface area (Å²) < 4.78 is 39.5. The molecule has 0 aliphatic rings. The van der Waals surface area contributed by atoms with Crippen LogP contribution in [0.15, 0.2) is 24.3 Å². The number of hydrogen-bond acceptors (Lipinski definition) is 3. The predicted molar refractivity (Wildman–Crippen MR) is 55.3 cm³/mol. The Morgan fingerprint density at radius 1 is 1.31 bits per heavy atom. The van der Waals surface area contributed by atoms with E-state index >= 15 is 0 Å². The van der Waals surface area contributed by atoms with Crippen LogP contribution in [0, 0.1) is 0 Å². The van der Waals surface area contributed by atoms with Crippen LogP contribution in [0.5, 0.6) is 5.75 Å². The molecule has 0 heterocycles. The second-order valence-corrected chi connectivity index (χ2v) is 3.14. The van der Waals surface area contributed by atoms with E-state index in [2.05, 4.69) is 10.1 Å². The van der Waals surface area contributed by atoms with E-state index < -0.39 is 6.36 Å². The van der Waals surface area contributed by atoms with E-state index in [9.17, 15) is 13.2 Å². The summed E-state index contributed by atoms with van der Waals surface area (Å²) in [4.78, 5) is 0. The van der Waals surface area contributed by atoms with Crippen molar-refractivity contribution < 1.29 is 17.9 Å². The molecular weight excluding hydrogens is 221 g/mol. The number of anilines is 1. The van der Waals surface area contributed by atoms with Crippen molar-refractivity contribution in [3.05, 3.63) is 24.3 Å². The molecule has 0 amide bonds. The van der Waals surface area contributed by atoms with E-state index in [-0.39, 0.29) is 5.75 Å². The Morgan fingerprint density at radius 2 is 2.06 bits per heavy atom. The van der Waals surface area contributed by atoms with Crippen molar-refractivity contribution in [1.82, 2.24) is 0 Å². The van der Waals surface area contributed by atoms with Gasteiger partial charge in [0.05, 0.1) is 0 Å². The minimum atomic E-state index is -4.66. The first kappa shape index (κ1) is 12.6. The molecule has 0 atom stereocenters. The number of hydrogen-bond donors (Lipinski definition) is 2. The quantitative estimate of drug-likeness (QED) is 0.769. The molecule has 0 aliphatic carbocycles. The number of ether oxygens (including phenoxy) is 1. The van der Waals surface area contributed by atoms with Crippen LogP contribution in [0.25, 0.3) is 0 Å². The van der Waals surface area contributed by atoms with Gasteiger partial charge in [0.2, 0.25) is 0 Å². The molecule has 3 nitrogen and oxygen atoms in total. The smallest absolute Gasteiger partial charge is 0.406 e. The summed E-state index contributed by atoms with van der Waals surface area (Å²) in [6.45, 7) is 1.15. The summed E-state index contributed by atoms with van der Waals surface area (Å²) in [6, 6.07) is 5.71. The third kappa shape index (κ3) is 4.88. The molecule has 0 radical (unpaired) electrons. The fourth-order valence-electron chi connectivity index (χ4n) is 1.14. The predicted octanol–water partition coefficient (Wildman–Crippen LogP) is 2.35. The molecule has 0 aliphatic heterocycles. The fourth-order valence-corrected chi connectivity index (χ4v) is 1.14. The van der Waals surface area contributed by atoms with Gasteiger partial charge in [-0.05, 0) is 25.1 Å². The van der Waals surface area contributed by atoms with Gasteiger partial charge in [-0.3, -0.25) is 0 Å². The Labute approximate surface area is 91.4 Å². The number of alkyl halides is 3. The Hall–Kier alpha value is -1.43. The lowest BCUT2D eigenvalue weighted by atomic mass is 10.3. The lowest BCUT2D eigenvalue weighted by Crippen LogP contribution is -2.17. The molecule has 0 spiro atoms. The van der Waals surface area contributed by atoms with Crippen LogP contribution < -0.4 is 15.8 Å². The molecule has 0 unspecified atom stereocenters. The van der Waals surface area contributed by atoms with E-state index in [4.69, 9.17) is 5.73 Å². The minimum absolute atomic E-state index is 0.231. The van der Waals surface area contributed by atoms with E-state index in [0.29, 0.717) is 18.8 Å². The van der Waals surface area contributed by atoms with Crippen molar-refractivity contribution in [2.75, 3.05) is 18.4 Å². The maximum atomic E-state index is 11.9. The molecular formula is C10H13F3N2O. The van der Waals surface area contributed by atoms with Crippen molar-refractivity contribution in [1.29, 1.82) is 0 Å². The second-order valence-electron chi connectivity index (χ2n) is 3.14. The van der Waals surface area contributed by atoms with Gasteiger partial charge in [-0.1, -0.05) is 6.07 Å². The highest BCUT2D eigenvalue weighted by Crippen LogP contribution is 2.24. The molecule has 90 valence electrons. The molecule has 1 rings (SSSR count). The number of halogens is 3. The van der Waals surface area contributed by atoms with E-state index in [1.54, 1.807) is 6.07 Å². The maximum absolute atomic E-state index is 11.9. The SMILES string of the molecule is NCCCNc1cccc(OC(F)(F)F)c1. The summed E-state index contributed by atoms with van der Waals surface area (Å²) >= 11 is 0. The van der Waals surface area contributed by atoms with Crippen molar-refractivity contribution in [2.24, 2.45) is 5.73 Å². The molecule has 0 saturated carbocycles. The average molecular weight is 234 g/mol. The number of nitrogens with two attached hydrogens (primary N) is 1. The fraction of sp³-hybridized carbons (Fsp3) is 0.400. The lowest BCUT2D eigenvalue weighted by Gasteiger charge is -2.10. The van der Waals surface area contributed by atoms with Gasteiger partial charge in [0.25, 0.3) is 0 Å². The van der Waals surface area contributed by atoms with Gasteiger partial charge >= 0.3 is 6.36 Å². The highest BCUT2D eigenvalue weighted by molar-refractivity contribution is 5.48. The van der Waals surface area contributed by atoms with Crippen LogP contribution in [-0.2, 0) is 0 Å². The average Bonchev–Trinajstić information content (AvgIpc) is 2.16. The Morgan fingerprint density at radius 3 is 2.69 bits per heavy atom. The van der Waals surface area contributed by atoms with Gasteiger partial charge in [-0.25, -0.2) is 0 Å². The third-order valence-electron chi connectivity index (χ3n) is 1.78. The first-order valence-electron chi connectivity index (χ1n) is 4.81. The summed E-state index contributed by atoms with van der Waals surface area (Å²) in [5, 5.41) is 2.94. The van der Waals surface area contributed by atoms with Crippen LogP contribution >= 0.6 is 0 Å². The summed E-state index contributed by atoms with van der Waals surface area (Å²) in [5.74, 6) is -0.231. The molecule has 16 heavy (non-hydrogen) atoms. The minimum Gasteiger partial charge on any atom is -0.406 e. The first-order valence-corrected chi connectivity index (χ1v) is 4.81. The standard InChI is InChI=1S/C10H13F3N2O/c11-10(12,13)16-9-4-1-3-8(7-9)15-6-2-5-14/h1,3-4,7,15H,2,5-6,14H2. The Balaban J connectivity index is 2.57. The van der Waals surface area contributed by atoms with Gasteiger partial charge < -0.3 is 15.8 Å². The number of nitrogens with one attached hydrogen (secondary N) is 1. The van der Waals surface area contributed by atoms with E-state index in [1.165, 1.54) is 18.2 Å². The van der Waals surface area contributed by atoms with Gasteiger partial charge in [-0.15, -0.1) is 13.2 Å². The monoisotopic (exact) mass is 234 g/mol. The Bertz CT molecular complexity index is 328. The number of benzene rings is 1. The second kappa shape index (κ2) is 5.60. The summed E-state index contributed by atoms with van der Waals surface area (Å²) in [5.41, 5.74) is 5.87. The largest absolute Gasteiger partial charge is 0.573 e. The molecule has 3 N–H and O–H groups in total. The zero-order chi connectivity index (χ0) is 12.0. The van der Waals surface area contributed by atoms with Gasteiger partial charge in [0.15, 0.2) is 0 Å². The highest BCUT2D eigenvalue weighted by atomic mass is 19.4. The first-order chi connectivity index (χ1) is 7.51. The number of rotatable bonds is 5. The molecule has 0 aromatic heterocycles. The zero-order valence-corrected chi connectivity index (χ0v) is 8.55. The van der Waals surface area contributed by atoms with Crippen molar-refractivity contribution in [2.45, 2.75) is 12.8 Å². The van der Waals surface area contributed by atoms with Crippen LogP contribution in [0.2, 0.25) is 0 Å². The molecule has 6 heteroatoms. The molecule has 0 bridgehead atoms. The van der Waals surface area contributed by atoms with Crippen LogP contribution in [0.1, 0.15) is 6.42 Å². The van der Waals surface area contributed by atoms with Gasteiger partial charge in [0, 0.05) is 18.3 Å². The van der Waals surface area contributed by atoms with Crippen molar-refractivity contribution in [3.63, 3.8) is 0 Å². The maximum Gasteiger partial charge on any atom is 0.573 e. The van der Waals surface area contributed by atoms with Gasteiger partial charge in [0.1, 0.15) is 5.75 Å². The van der Waals surface area contributed by atoms with Crippen molar-refractivity contribution >= 4 is 5.69 Å². The molecule has 1 aromatic rings. The van der Waals surface area contributed by atoms with Gasteiger partial charge in [-0.2, -0.15) is 0 Å². The Kier molecular flexibility index (Phi) is 4.42. The van der Waals surface area contributed by atoms with Crippen LogP contribution in [-0.4, -0.2) is 19.5 Å². The van der Waals surface area contributed by atoms with E-state index in [1.807, 2.05) is 0 Å². The molecule has 1 aromatic carbocycles. The summed E-state index contributed by atoms with van der Waals surface area (Å²) in [7, 11) is 0. The van der Waals surface area contributed by atoms with Crippen LogP contribution in [0.4, 0.5) is 18.9 Å². The van der Waals surface area contributed by atoms with Crippen molar-refractivity contribution in [3.8, 4) is 5.75 Å². The topological polar surface area (TPSA) is 47.3 Å². The molecule has 0 saturated heterocycles.